The predicted octanol–water partition coefficient (Wildman–Crippen LogP) is 1.01. The first-order valence-corrected chi connectivity index (χ1v) is 7.06. The molecule has 2 N–H and O–H groups in total. The molecule has 1 saturated heterocycles. The summed E-state index contributed by atoms with van der Waals surface area (Å²) in [5.41, 5.74) is 1.80. The largest absolute Gasteiger partial charge is 0.361 e. The maximum Gasteiger partial charge on any atom is 0.242 e. The molecular weight excluding hydrogens is 258 g/mol. The maximum atomic E-state index is 11.9. The summed E-state index contributed by atoms with van der Waals surface area (Å²) in [6, 6.07) is -0.394. The number of rotatable bonds is 4. The second kappa shape index (κ2) is 6.54. The number of nitrogens with zero attached hydrogens (tertiary/aromatic N) is 1. The van der Waals surface area contributed by atoms with Crippen LogP contribution in [0.4, 0.5) is 0 Å². The van der Waals surface area contributed by atoms with Crippen molar-refractivity contribution < 1.29 is 14.1 Å². The van der Waals surface area contributed by atoms with E-state index in [-0.39, 0.29) is 11.8 Å². The Morgan fingerprint density at radius 3 is 2.95 bits per heavy atom. The van der Waals surface area contributed by atoms with Crippen molar-refractivity contribution >= 4 is 11.8 Å². The number of hydrogen-bond acceptors (Lipinski definition) is 4. The van der Waals surface area contributed by atoms with Crippen LogP contribution in [0.2, 0.25) is 0 Å². The van der Waals surface area contributed by atoms with Crippen molar-refractivity contribution in [3.63, 3.8) is 0 Å². The lowest BCUT2D eigenvalue weighted by atomic mass is 10.1. The third-order valence-electron chi connectivity index (χ3n) is 3.65. The number of amides is 2. The molecule has 0 bridgehead atoms. The zero-order valence-corrected chi connectivity index (χ0v) is 12.0. The zero-order chi connectivity index (χ0) is 14.5. The van der Waals surface area contributed by atoms with E-state index in [4.69, 9.17) is 4.52 Å². The van der Waals surface area contributed by atoms with Crippen molar-refractivity contribution in [3.8, 4) is 0 Å². The molecule has 2 rings (SSSR count). The van der Waals surface area contributed by atoms with E-state index in [1.807, 2.05) is 13.8 Å². The standard InChI is InChI=1S/C14H21N3O3/c1-9-11(10(2)20-17-9)6-7-13(18)16-12-5-3-4-8-15-14(12)19/h12H,3-8H2,1-2H3,(H,15,19)(H,16,18). The summed E-state index contributed by atoms with van der Waals surface area (Å²) < 4.78 is 5.07. The molecule has 110 valence electrons. The van der Waals surface area contributed by atoms with E-state index in [1.54, 1.807) is 0 Å². The molecule has 2 amide bonds. The van der Waals surface area contributed by atoms with Crippen molar-refractivity contribution in [1.82, 2.24) is 15.8 Å². The van der Waals surface area contributed by atoms with Crippen molar-refractivity contribution in [3.05, 3.63) is 17.0 Å². The Hall–Kier alpha value is -1.85. The second-order valence-corrected chi connectivity index (χ2v) is 5.21. The Balaban J connectivity index is 1.84. The smallest absolute Gasteiger partial charge is 0.242 e. The highest BCUT2D eigenvalue weighted by Gasteiger charge is 2.22. The zero-order valence-electron chi connectivity index (χ0n) is 12.0. The first-order chi connectivity index (χ1) is 9.58. The van der Waals surface area contributed by atoms with Gasteiger partial charge in [-0.05, 0) is 39.5 Å². The normalized spacial score (nSPS) is 19.3. The predicted molar refractivity (Wildman–Crippen MR) is 73.1 cm³/mol. The third-order valence-corrected chi connectivity index (χ3v) is 3.65. The molecule has 0 aromatic carbocycles. The van der Waals surface area contributed by atoms with Gasteiger partial charge in [0.05, 0.1) is 5.69 Å². The van der Waals surface area contributed by atoms with E-state index >= 15 is 0 Å². The third kappa shape index (κ3) is 3.59. The maximum absolute atomic E-state index is 11.9. The van der Waals surface area contributed by atoms with E-state index < -0.39 is 6.04 Å². The fourth-order valence-electron chi connectivity index (χ4n) is 2.44. The van der Waals surface area contributed by atoms with Gasteiger partial charge < -0.3 is 15.2 Å². The molecule has 20 heavy (non-hydrogen) atoms. The second-order valence-electron chi connectivity index (χ2n) is 5.21. The Kier molecular flexibility index (Phi) is 4.76. The molecule has 1 aromatic rings. The minimum atomic E-state index is -0.394. The molecule has 1 atom stereocenters. The molecule has 1 aromatic heterocycles. The molecule has 0 saturated carbocycles. The fourth-order valence-corrected chi connectivity index (χ4v) is 2.44. The van der Waals surface area contributed by atoms with Gasteiger partial charge in [-0.2, -0.15) is 0 Å². The van der Waals surface area contributed by atoms with Gasteiger partial charge in [-0.3, -0.25) is 9.59 Å². The van der Waals surface area contributed by atoms with Crippen LogP contribution < -0.4 is 10.6 Å². The molecule has 1 fully saturated rings. The van der Waals surface area contributed by atoms with E-state index in [9.17, 15) is 9.59 Å². The monoisotopic (exact) mass is 279 g/mol. The number of nitrogens with one attached hydrogen (secondary N) is 2. The number of hydrogen-bond donors (Lipinski definition) is 2. The Morgan fingerprint density at radius 2 is 2.25 bits per heavy atom. The molecule has 2 heterocycles. The van der Waals surface area contributed by atoms with Crippen LogP contribution in [0.5, 0.6) is 0 Å². The molecule has 0 spiro atoms. The van der Waals surface area contributed by atoms with Gasteiger partial charge in [0, 0.05) is 18.5 Å². The van der Waals surface area contributed by atoms with Crippen LogP contribution in [0.1, 0.15) is 42.7 Å². The van der Waals surface area contributed by atoms with Crippen LogP contribution in [-0.2, 0) is 16.0 Å². The summed E-state index contributed by atoms with van der Waals surface area (Å²) in [4.78, 5) is 23.7. The summed E-state index contributed by atoms with van der Waals surface area (Å²) >= 11 is 0. The van der Waals surface area contributed by atoms with Crippen LogP contribution in [0.25, 0.3) is 0 Å². The molecule has 1 aliphatic rings. The molecule has 1 aliphatic heterocycles. The molecule has 1 unspecified atom stereocenters. The fraction of sp³-hybridized carbons (Fsp3) is 0.643. The number of carbonyl (C=O) groups excluding carboxylic acids is 2. The minimum absolute atomic E-state index is 0.0758. The van der Waals surface area contributed by atoms with Gasteiger partial charge in [0.15, 0.2) is 0 Å². The van der Waals surface area contributed by atoms with E-state index in [0.29, 0.717) is 25.8 Å². The van der Waals surface area contributed by atoms with Crippen LogP contribution in [-0.4, -0.2) is 29.6 Å². The Labute approximate surface area is 118 Å². The minimum Gasteiger partial charge on any atom is -0.361 e. The van der Waals surface area contributed by atoms with Crippen molar-refractivity contribution in [2.24, 2.45) is 0 Å². The Bertz CT molecular complexity index is 476. The summed E-state index contributed by atoms with van der Waals surface area (Å²) in [6.45, 7) is 4.40. The van der Waals surface area contributed by atoms with Gasteiger partial charge in [-0.25, -0.2) is 0 Å². The first kappa shape index (κ1) is 14.6. The summed E-state index contributed by atoms with van der Waals surface area (Å²) in [7, 11) is 0. The van der Waals surface area contributed by atoms with Gasteiger partial charge in [-0.1, -0.05) is 5.16 Å². The van der Waals surface area contributed by atoms with Crippen LogP contribution >= 0.6 is 0 Å². The van der Waals surface area contributed by atoms with Crippen LogP contribution in [0.3, 0.4) is 0 Å². The van der Waals surface area contributed by atoms with E-state index in [1.165, 1.54) is 0 Å². The number of aryl methyl sites for hydroxylation is 2. The van der Waals surface area contributed by atoms with E-state index in [0.717, 1.165) is 29.9 Å². The van der Waals surface area contributed by atoms with E-state index in [2.05, 4.69) is 15.8 Å². The van der Waals surface area contributed by atoms with Gasteiger partial charge in [0.2, 0.25) is 11.8 Å². The quantitative estimate of drug-likeness (QED) is 0.861. The molecular formula is C14H21N3O3. The van der Waals surface area contributed by atoms with Gasteiger partial charge in [-0.15, -0.1) is 0 Å². The summed E-state index contributed by atoms with van der Waals surface area (Å²) in [5, 5.41) is 9.48. The molecule has 0 radical (unpaired) electrons. The van der Waals surface area contributed by atoms with Gasteiger partial charge in [0.25, 0.3) is 0 Å². The lowest BCUT2D eigenvalue weighted by molar-refractivity contribution is -0.128. The number of carbonyl (C=O) groups is 2. The van der Waals surface area contributed by atoms with Crippen molar-refractivity contribution in [2.45, 2.75) is 52.0 Å². The summed E-state index contributed by atoms with van der Waals surface area (Å²) in [5.74, 6) is 0.572. The van der Waals surface area contributed by atoms with Gasteiger partial charge in [0.1, 0.15) is 11.8 Å². The lowest BCUT2D eigenvalue weighted by Gasteiger charge is -2.15. The average Bonchev–Trinajstić information content (AvgIpc) is 2.60. The first-order valence-electron chi connectivity index (χ1n) is 7.06. The average molecular weight is 279 g/mol. The van der Waals surface area contributed by atoms with Crippen LogP contribution in [0.15, 0.2) is 4.52 Å². The molecule has 0 aliphatic carbocycles. The number of aromatic nitrogens is 1. The summed E-state index contributed by atoms with van der Waals surface area (Å²) in [6.07, 6.45) is 3.56. The van der Waals surface area contributed by atoms with Gasteiger partial charge >= 0.3 is 0 Å². The van der Waals surface area contributed by atoms with Crippen LogP contribution in [0, 0.1) is 13.8 Å². The topological polar surface area (TPSA) is 84.2 Å². The molecule has 6 nitrogen and oxygen atoms in total. The highest BCUT2D eigenvalue weighted by atomic mass is 16.5. The van der Waals surface area contributed by atoms with Crippen molar-refractivity contribution in [2.75, 3.05) is 6.54 Å². The SMILES string of the molecule is Cc1noc(C)c1CCC(=O)NC1CCCCNC1=O. The highest BCUT2D eigenvalue weighted by molar-refractivity contribution is 5.87. The highest BCUT2D eigenvalue weighted by Crippen LogP contribution is 2.14. The lowest BCUT2D eigenvalue weighted by Crippen LogP contribution is -2.45. The Morgan fingerprint density at radius 1 is 1.45 bits per heavy atom. The van der Waals surface area contributed by atoms with Crippen molar-refractivity contribution in [1.29, 1.82) is 0 Å². The molecule has 6 heteroatoms.